The van der Waals surface area contributed by atoms with Gasteiger partial charge in [0.15, 0.2) is 28.0 Å². The number of esters is 1. The third-order valence-corrected chi connectivity index (χ3v) is 22.6. The molecule has 0 aromatic carbocycles. The van der Waals surface area contributed by atoms with Gasteiger partial charge < -0.3 is 13.6 Å². The van der Waals surface area contributed by atoms with E-state index in [0.717, 1.165) is 19.3 Å². The molecule has 0 amide bonds. The van der Waals surface area contributed by atoms with Crippen molar-refractivity contribution in [3.05, 3.63) is 23.8 Å². The summed E-state index contributed by atoms with van der Waals surface area (Å²) in [6, 6.07) is 0. The minimum Gasteiger partial charge on any atom is -0.450 e. The fourth-order valence-electron chi connectivity index (χ4n) is 8.96. The first-order valence-corrected chi connectivity index (χ1v) is 23.2. The molecule has 0 N–H and O–H groups in total. The molecule has 3 fully saturated rings. The van der Waals surface area contributed by atoms with E-state index in [2.05, 4.69) is 94.6 Å². The van der Waals surface area contributed by atoms with Crippen molar-refractivity contribution in [2.75, 3.05) is 6.61 Å². The number of ether oxygens (including phenoxy) is 1. The highest BCUT2D eigenvalue weighted by Crippen LogP contribution is 2.70. The van der Waals surface area contributed by atoms with Gasteiger partial charge in [-0.15, -0.1) is 0 Å². The van der Waals surface area contributed by atoms with E-state index in [1.165, 1.54) is 5.57 Å². The van der Waals surface area contributed by atoms with Gasteiger partial charge in [-0.05, 0) is 91.9 Å². The fraction of sp³-hybridized carbons (Fsp3) is 0.811. The van der Waals surface area contributed by atoms with Gasteiger partial charge in [-0.2, -0.15) is 0 Å². The molecule has 0 aromatic rings. The van der Waals surface area contributed by atoms with Crippen LogP contribution in [0.25, 0.3) is 0 Å². The molecular formula is C37H62O6Si2. The van der Waals surface area contributed by atoms with E-state index in [1.54, 1.807) is 13.0 Å². The van der Waals surface area contributed by atoms with Crippen LogP contribution in [0.2, 0.25) is 36.3 Å². The van der Waals surface area contributed by atoms with Crippen LogP contribution < -0.4 is 0 Å². The molecule has 0 radical (unpaired) electrons. The zero-order valence-corrected chi connectivity index (χ0v) is 32.8. The quantitative estimate of drug-likeness (QED) is 0.192. The Kier molecular flexibility index (Phi) is 9.45. The molecule has 0 saturated heterocycles. The summed E-state index contributed by atoms with van der Waals surface area (Å²) < 4.78 is 20.6. The van der Waals surface area contributed by atoms with Crippen molar-refractivity contribution in [3.8, 4) is 0 Å². The number of ketones is 2. The smallest absolute Gasteiger partial charge is 0.306 e. The maximum Gasteiger partial charge on any atom is 0.306 e. The summed E-state index contributed by atoms with van der Waals surface area (Å²) >= 11 is 0. The number of Topliss-reactive ketones (excluding diaryl/α,β-unsaturated/α-hetero) is 1. The summed E-state index contributed by atoms with van der Waals surface area (Å²) in [6.45, 7) is 30.7. The van der Waals surface area contributed by atoms with Gasteiger partial charge in [0.1, 0.15) is 0 Å². The molecule has 3 saturated carbocycles. The minimum absolute atomic E-state index is 0.00554. The second-order valence-electron chi connectivity index (χ2n) is 18.2. The average molecular weight is 659 g/mol. The second-order valence-corrected chi connectivity index (χ2v) is 27.8. The predicted molar refractivity (Wildman–Crippen MR) is 186 cm³/mol. The molecule has 4 aliphatic carbocycles. The zero-order chi connectivity index (χ0) is 34.2. The highest BCUT2D eigenvalue weighted by atomic mass is 28.4. The summed E-state index contributed by atoms with van der Waals surface area (Å²) in [4.78, 5) is 40.7. The Morgan fingerprint density at radius 2 is 1.60 bits per heavy atom. The largest absolute Gasteiger partial charge is 0.450 e. The molecule has 0 bridgehead atoms. The lowest BCUT2D eigenvalue weighted by atomic mass is 9.46. The van der Waals surface area contributed by atoms with Crippen LogP contribution in [0.15, 0.2) is 23.8 Å². The molecule has 4 aliphatic rings. The van der Waals surface area contributed by atoms with Crippen molar-refractivity contribution in [3.63, 3.8) is 0 Å². The molecule has 8 atom stereocenters. The van der Waals surface area contributed by atoms with Gasteiger partial charge in [-0.25, -0.2) is 0 Å². The number of hydrogen-bond donors (Lipinski definition) is 0. The van der Waals surface area contributed by atoms with E-state index < -0.39 is 27.7 Å². The van der Waals surface area contributed by atoms with Gasteiger partial charge in [-0.3, -0.25) is 14.4 Å². The van der Waals surface area contributed by atoms with Gasteiger partial charge in [0.25, 0.3) is 0 Å². The van der Waals surface area contributed by atoms with Crippen LogP contribution in [0, 0.1) is 34.5 Å². The summed E-state index contributed by atoms with van der Waals surface area (Å²) in [5, 5.41) is -0.0550. The van der Waals surface area contributed by atoms with E-state index in [9.17, 15) is 14.4 Å². The standard InChI is InChI=1S/C37H62O6Si2/c1-15-31(40)42-37(30(39)23-41-44(11,12)33(3,4)5)24(2)20-28-27-17-16-25-21-26(38)18-19-35(25,9)32(27)29(22-36(28,37)10)43-45(13,14)34(6,7)8/h18-19,21,24,27-29,32H,15-17,20,22-23H2,1-14H3/t24-,27-,28-,29-,32?,35-,36-,37-/m0/s1. The van der Waals surface area contributed by atoms with Gasteiger partial charge in [0.2, 0.25) is 5.78 Å². The Labute approximate surface area is 275 Å². The van der Waals surface area contributed by atoms with Crippen LogP contribution in [-0.4, -0.2) is 52.5 Å². The summed E-state index contributed by atoms with van der Waals surface area (Å²) in [6.07, 6.45) is 9.04. The Morgan fingerprint density at radius 1 is 1.00 bits per heavy atom. The van der Waals surface area contributed by atoms with Crippen LogP contribution in [-0.2, 0) is 28.0 Å². The van der Waals surface area contributed by atoms with Crippen LogP contribution >= 0.6 is 0 Å². The number of rotatable bonds is 8. The van der Waals surface area contributed by atoms with Gasteiger partial charge in [0.05, 0.1) is 6.61 Å². The number of carbonyl (C=O) groups is 3. The maximum atomic E-state index is 14.8. The molecule has 8 heteroatoms. The van der Waals surface area contributed by atoms with Crippen molar-refractivity contribution in [2.45, 2.75) is 149 Å². The molecule has 0 spiro atoms. The van der Waals surface area contributed by atoms with E-state index in [-0.39, 0.29) is 75.8 Å². The normalized spacial score (nSPS) is 37.0. The Morgan fingerprint density at radius 3 is 2.16 bits per heavy atom. The minimum atomic E-state index is -2.26. The number of fused-ring (bicyclic) bond motifs is 5. The van der Waals surface area contributed by atoms with Gasteiger partial charge in [0, 0.05) is 29.3 Å². The lowest BCUT2D eigenvalue weighted by Crippen LogP contribution is -2.66. The first-order valence-electron chi connectivity index (χ1n) is 17.4. The summed E-state index contributed by atoms with van der Waals surface area (Å²) in [5.74, 6) is 0.0806. The molecule has 0 heterocycles. The lowest BCUT2D eigenvalue weighted by Gasteiger charge is -2.62. The molecule has 0 aliphatic heterocycles. The summed E-state index contributed by atoms with van der Waals surface area (Å²) in [7, 11) is -4.50. The number of hydrogen-bond acceptors (Lipinski definition) is 6. The van der Waals surface area contributed by atoms with Crippen LogP contribution in [0.1, 0.15) is 101 Å². The van der Waals surface area contributed by atoms with E-state index in [1.807, 2.05) is 6.08 Å². The topological polar surface area (TPSA) is 78.9 Å². The third kappa shape index (κ3) is 5.86. The monoisotopic (exact) mass is 658 g/mol. The van der Waals surface area contributed by atoms with E-state index in [0.29, 0.717) is 6.42 Å². The maximum absolute atomic E-state index is 14.8. The Balaban J connectivity index is 1.87. The first kappa shape index (κ1) is 36.5. The Bertz CT molecular complexity index is 1270. The van der Waals surface area contributed by atoms with Crippen molar-refractivity contribution in [1.29, 1.82) is 0 Å². The van der Waals surface area contributed by atoms with Crippen molar-refractivity contribution in [1.82, 2.24) is 0 Å². The van der Waals surface area contributed by atoms with Crippen molar-refractivity contribution in [2.24, 2.45) is 34.5 Å². The number of allylic oxidation sites excluding steroid dienone is 4. The van der Waals surface area contributed by atoms with Crippen molar-refractivity contribution >= 4 is 34.2 Å². The fourth-order valence-corrected chi connectivity index (χ4v) is 11.2. The second kappa shape index (κ2) is 11.7. The molecule has 254 valence electrons. The lowest BCUT2D eigenvalue weighted by molar-refractivity contribution is -0.204. The molecule has 45 heavy (non-hydrogen) atoms. The van der Waals surface area contributed by atoms with Gasteiger partial charge in [-0.1, -0.05) is 80.9 Å². The van der Waals surface area contributed by atoms with Crippen LogP contribution in [0.3, 0.4) is 0 Å². The van der Waals surface area contributed by atoms with Gasteiger partial charge >= 0.3 is 5.97 Å². The highest BCUT2D eigenvalue weighted by molar-refractivity contribution is 6.74. The van der Waals surface area contributed by atoms with E-state index >= 15 is 0 Å². The molecular weight excluding hydrogens is 597 g/mol. The SMILES string of the molecule is CCC(=O)O[C@]1(C(=O)CO[Si](C)(C)C(C)(C)C)[C@@H](C)C[C@H]2[C@@H]3CCC4=CC(=O)C=C[C@]4(C)C3[C@@H](O[Si](C)(C)C(C)(C)C)C[C@@]21C. The molecule has 4 rings (SSSR count). The van der Waals surface area contributed by atoms with Crippen LogP contribution in [0.5, 0.6) is 0 Å². The first-order chi connectivity index (χ1) is 20.4. The third-order valence-electron chi connectivity index (χ3n) is 13.6. The molecule has 0 aromatic heterocycles. The van der Waals surface area contributed by atoms with E-state index in [4.69, 9.17) is 13.6 Å². The Hall–Kier alpha value is -1.36. The zero-order valence-electron chi connectivity index (χ0n) is 30.8. The highest BCUT2D eigenvalue weighted by Gasteiger charge is 2.73. The van der Waals surface area contributed by atoms with Crippen LogP contribution in [0.4, 0.5) is 0 Å². The number of carbonyl (C=O) groups excluding carboxylic acids is 3. The predicted octanol–water partition coefficient (Wildman–Crippen LogP) is 8.82. The molecule has 1 unspecified atom stereocenters. The van der Waals surface area contributed by atoms with Crippen molar-refractivity contribution < 1.29 is 28.0 Å². The average Bonchev–Trinajstić information content (AvgIpc) is 3.12. The molecule has 6 nitrogen and oxygen atoms in total. The summed E-state index contributed by atoms with van der Waals surface area (Å²) in [5.41, 5.74) is -1.000.